The Hall–Kier alpha value is -3.39. The Morgan fingerprint density at radius 1 is 1.17 bits per heavy atom. The molecule has 3 heterocycles. The summed E-state index contributed by atoms with van der Waals surface area (Å²) in [5.74, 6) is 7.55. The van der Waals surface area contributed by atoms with E-state index in [0.29, 0.717) is 22.5 Å². The molecule has 0 saturated carbocycles. The molecular formula is C25H28N8OS. The highest BCUT2D eigenvalue weighted by molar-refractivity contribution is 7.99. The third-order valence-electron chi connectivity index (χ3n) is 6.82. The van der Waals surface area contributed by atoms with Gasteiger partial charge in [-0.1, -0.05) is 17.9 Å². The molecule has 1 aliphatic heterocycles. The Kier molecular flexibility index (Phi) is 6.47. The minimum absolute atomic E-state index is 0.000877. The largest absolute Gasteiger partial charge is 0.381 e. The first-order valence-electron chi connectivity index (χ1n) is 11.5. The SMILES string of the molecule is COCC#Cc1ccc2c(c1)[C@@H](N)C1(CCN(c3cnc(Sc4ccnc(N)n4)c(N)n3)CC1)C2. The number of aromatic nitrogens is 4. The lowest BCUT2D eigenvalue weighted by Crippen LogP contribution is -2.44. The number of nitrogens with zero attached hydrogens (tertiary/aromatic N) is 5. The van der Waals surface area contributed by atoms with Crippen LogP contribution in [0.15, 0.2) is 46.7 Å². The maximum absolute atomic E-state index is 6.83. The molecule has 2 aromatic heterocycles. The highest BCUT2D eigenvalue weighted by Gasteiger charge is 2.46. The predicted octanol–water partition coefficient (Wildman–Crippen LogP) is 2.42. The number of hydrogen-bond donors (Lipinski definition) is 3. The van der Waals surface area contributed by atoms with Crippen LogP contribution < -0.4 is 22.1 Å². The molecule has 0 bridgehead atoms. The molecule has 5 rings (SSSR count). The standard InChI is InChI=1S/C25H28N8OS/c1-34-12-2-3-16-4-5-17-14-25(21(26)18(17)13-16)7-10-33(11-8-25)19-15-30-23(22(27)31-19)35-20-6-9-29-24(28)32-20/h4-6,9,13,15,21H,7-8,10-12,14,26H2,1H3,(H2,27,31)(H2,28,29,32)/t21-/m1/s1. The number of benzene rings is 1. The molecule has 10 heteroatoms. The monoisotopic (exact) mass is 488 g/mol. The highest BCUT2D eigenvalue weighted by atomic mass is 32.2. The van der Waals surface area contributed by atoms with E-state index in [1.54, 1.807) is 25.6 Å². The van der Waals surface area contributed by atoms with Crippen molar-refractivity contribution in [1.82, 2.24) is 19.9 Å². The fourth-order valence-corrected chi connectivity index (χ4v) is 5.67. The number of hydrogen-bond acceptors (Lipinski definition) is 10. The molecule has 1 fully saturated rings. The maximum atomic E-state index is 6.83. The van der Waals surface area contributed by atoms with E-state index >= 15 is 0 Å². The van der Waals surface area contributed by atoms with Crippen molar-refractivity contribution in [3.63, 3.8) is 0 Å². The molecule has 1 aromatic carbocycles. The van der Waals surface area contributed by atoms with Crippen LogP contribution in [0, 0.1) is 17.3 Å². The molecule has 9 nitrogen and oxygen atoms in total. The van der Waals surface area contributed by atoms with Crippen molar-refractivity contribution in [1.29, 1.82) is 0 Å². The van der Waals surface area contributed by atoms with Crippen LogP contribution in [0.4, 0.5) is 17.6 Å². The zero-order valence-corrected chi connectivity index (χ0v) is 20.4. The first-order chi connectivity index (χ1) is 17.0. The van der Waals surface area contributed by atoms with Gasteiger partial charge in [-0.05, 0) is 65.8 Å². The number of fused-ring (bicyclic) bond motifs is 1. The van der Waals surface area contributed by atoms with Crippen LogP contribution in [0.25, 0.3) is 0 Å². The Labute approximate surface area is 208 Å². The molecule has 0 radical (unpaired) electrons. The van der Waals surface area contributed by atoms with Crippen LogP contribution in [-0.4, -0.2) is 46.7 Å². The zero-order chi connectivity index (χ0) is 24.4. The normalized spacial score (nSPS) is 18.2. The van der Waals surface area contributed by atoms with E-state index in [1.807, 2.05) is 0 Å². The summed E-state index contributed by atoms with van der Waals surface area (Å²) < 4.78 is 5.03. The van der Waals surface area contributed by atoms with Crippen LogP contribution in [-0.2, 0) is 11.2 Å². The summed E-state index contributed by atoms with van der Waals surface area (Å²) in [4.78, 5) is 19.5. The molecule has 0 unspecified atom stereocenters. The molecule has 180 valence electrons. The first-order valence-corrected chi connectivity index (χ1v) is 12.3. The van der Waals surface area contributed by atoms with E-state index in [0.717, 1.165) is 43.7 Å². The fraction of sp³-hybridized carbons (Fsp3) is 0.360. The van der Waals surface area contributed by atoms with E-state index in [4.69, 9.17) is 21.9 Å². The van der Waals surface area contributed by atoms with Gasteiger partial charge in [0, 0.05) is 38.0 Å². The molecule has 6 N–H and O–H groups in total. The second-order valence-electron chi connectivity index (χ2n) is 8.93. The zero-order valence-electron chi connectivity index (χ0n) is 19.6. The first kappa shape index (κ1) is 23.4. The number of nitrogens with two attached hydrogens (primary N) is 3. The number of anilines is 3. The Morgan fingerprint density at radius 3 is 2.74 bits per heavy atom. The summed E-state index contributed by atoms with van der Waals surface area (Å²) in [6.45, 7) is 2.13. The van der Waals surface area contributed by atoms with Crippen molar-refractivity contribution in [3.8, 4) is 11.8 Å². The molecule has 1 spiro atoms. The summed E-state index contributed by atoms with van der Waals surface area (Å²) in [6, 6.07) is 8.17. The topological polar surface area (TPSA) is 142 Å². The van der Waals surface area contributed by atoms with Crippen LogP contribution in [0.1, 0.15) is 35.6 Å². The van der Waals surface area contributed by atoms with Crippen molar-refractivity contribution in [3.05, 3.63) is 53.3 Å². The van der Waals surface area contributed by atoms with Crippen molar-refractivity contribution >= 4 is 29.3 Å². The average Bonchev–Trinajstić information content (AvgIpc) is 3.12. The van der Waals surface area contributed by atoms with Crippen molar-refractivity contribution in [2.75, 3.05) is 43.2 Å². The predicted molar refractivity (Wildman–Crippen MR) is 137 cm³/mol. The highest BCUT2D eigenvalue weighted by Crippen LogP contribution is 2.51. The van der Waals surface area contributed by atoms with Crippen molar-refractivity contribution in [2.24, 2.45) is 11.1 Å². The summed E-state index contributed by atoms with van der Waals surface area (Å²) >= 11 is 1.32. The van der Waals surface area contributed by atoms with Crippen molar-refractivity contribution in [2.45, 2.75) is 35.4 Å². The Bertz CT molecular complexity index is 1300. The number of nitrogen functional groups attached to an aromatic ring is 2. The van der Waals surface area contributed by atoms with Gasteiger partial charge in [0.2, 0.25) is 5.95 Å². The van der Waals surface area contributed by atoms with E-state index in [1.165, 1.54) is 22.9 Å². The lowest BCUT2D eigenvalue weighted by atomic mass is 9.73. The third-order valence-corrected chi connectivity index (χ3v) is 7.76. The minimum atomic E-state index is -0.000877. The van der Waals surface area contributed by atoms with Gasteiger partial charge < -0.3 is 26.8 Å². The van der Waals surface area contributed by atoms with Crippen LogP contribution in [0.2, 0.25) is 0 Å². The molecule has 2 aliphatic rings. The van der Waals surface area contributed by atoms with E-state index in [2.05, 4.69) is 54.9 Å². The third kappa shape index (κ3) is 4.75. The number of piperidine rings is 1. The van der Waals surface area contributed by atoms with Crippen LogP contribution >= 0.6 is 11.8 Å². The minimum Gasteiger partial charge on any atom is -0.381 e. The smallest absolute Gasteiger partial charge is 0.221 e. The maximum Gasteiger partial charge on any atom is 0.221 e. The molecule has 1 aliphatic carbocycles. The van der Waals surface area contributed by atoms with E-state index in [9.17, 15) is 0 Å². The lowest BCUT2D eigenvalue weighted by Gasteiger charge is -2.42. The quantitative estimate of drug-likeness (QED) is 0.370. The fourth-order valence-electron chi connectivity index (χ4n) is 4.95. The molecule has 0 amide bonds. The number of ether oxygens (including phenoxy) is 1. The molecule has 1 saturated heterocycles. The van der Waals surface area contributed by atoms with Gasteiger partial charge in [0.1, 0.15) is 22.5 Å². The molecule has 3 aromatic rings. The van der Waals surface area contributed by atoms with Gasteiger partial charge in [-0.15, -0.1) is 0 Å². The average molecular weight is 489 g/mol. The van der Waals surface area contributed by atoms with Gasteiger partial charge >= 0.3 is 0 Å². The number of methoxy groups -OCH3 is 1. The lowest BCUT2D eigenvalue weighted by molar-refractivity contribution is 0.187. The molecular weight excluding hydrogens is 460 g/mol. The molecule has 1 atom stereocenters. The Balaban J connectivity index is 1.26. The second-order valence-corrected chi connectivity index (χ2v) is 9.94. The van der Waals surface area contributed by atoms with Crippen LogP contribution in [0.5, 0.6) is 0 Å². The van der Waals surface area contributed by atoms with Gasteiger partial charge in [0.25, 0.3) is 0 Å². The van der Waals surface area contributed by atoms with Gasteiger partial charge in [-0.2, -0.15) is 0 Å². The summed E-state index contributed by atoms with van der Waals surface area (Å²) in [5, 5.41) is 1.27. The summed E-state index contributed by atoms with van der Waals surface area (Å²) in [7, 11) is 1.65. The van der Waals surface area contributed by atoms with Gasteiger partial charge in [-0.25, -0.2) is 19.9 Å². The summed E-state index contributed by atoms with van der Waals surface area (Å²) in [5.41, 5.74) is 22.3. The van der Waals surface area contributed by atoms with Crippen LogP contribution in [0.3, 0.4) is 0 Å². The van der Waals surface area contributed by atoms with E-state index < -0.39 is 0 Å². The Morgan fingerprint density at radius 2 is 2.00 bits per heavy atom. The molecule has 35 heavy (non-hydrogen) atoms. The van der Waals surface area contributed by atoms with Gasteiger partial charge in [0.15, 0.2) is 5.82 Å². The summed E-state index contributed by atoms with van der Waals surface area (Å²) in [6.07, 6.45) is 6.33. The van der Waals surface area contributed by atoms with Crippen molar-refractivity contribution < 1.29 is 4.74 Å². The van der Waals surface area contributed by atoms with E-state index in [-0.39, 0.29) is 17.4 Å². The second kappa shape index (κ2) is 9.70. The number of rotatable bonds is 4. The van der Waals surface area contributed by atoms with Gasteiger partial charge in [0.05, 0.1) is 6.20 Å². The van der Waals surface area contributed by atoms with Gasteiger partial charge in [-0.3, -0.25) is 0 Å².